The third-order valence-corrected chi connectivity index (χ3v) is 6.74. The van der Waals surface area contributed by atoms with Crippen LogP contribution in [0.25, 0.3) is 0 Å². The monoisotopic (exact) mass is 445 g/mol. The fraction of sp³-hybridized carbons (Fsp3) is 0.217. The molecule has 30 heavy (non-hydrogen) atoms. The van der Waals surface area contributed by atoms with Gasteiger partial charge in [0.15, 0.2) is 0 Å². The molecule has 0 bridgehead atoms. The van der Waals surface area contributed by atoms with Gasteiger partial charge in [0.2, 0.25) is 9.84 Å². The highest BCUT2D eigenvalue weighted by molar-refractivity contribution is 7.91. The summed E-state index contributed by atoms with van der Waals surface area (Å²) in [5.41, 5.74) is 1.65. The molecule has 0 saturated carbocycles. The molecule has 2 N–H and O–H groups in total. The molecule has 0 spiro atoms. The van der Waals surface area contributed by atoms with Crippen molar-refractivity contribution in [3.05, 3.63) is 88.9 Å². The number of nitrogens with one attached hydrogen (secondary N) is 1. The van der Waals surface area contributed by atoms with Crippen LogP contribution in [-0.4, -0.2) is 33.7 Å². The van der Waals surface area contributed by atoms with Crippen LogP contribution < -0.4 is 10.1 Å². The Balaban J connectivity index is 1.60. The fourth-order valence-corrected chi connectivity index (χ4v) is 4.59. The number of hydrogen-bond donors (Lipinski definition) is 2. The van der Waals surface area contributed by atoms with E-state index >= 15 is 0 Å². The summed E-state index contributed by atoms with van der Waals surface area (Å²) in [6.45, 7) is 0.980. The van der Waals surface area contributed by atoms with Gasteiger partial charge in [-0.15, -0.1) is 0 Å². The van der Waals surface area contributed by atoms with Gasteiger partial charge in [-0.2, -0.15) is 0 Å². The molecule has 0 amide bonds. The summed E-state index contributed by atoms with van der Waals surface area (Å²) in [4.78, 5) is 0.479. The van der Waals surface area contributed by atoms with Gasteiger partial charge in [-0.3, -0.25) is 0 Å². The normalized spacial score (nSPS) is 12.5. The number of benzene rings is 3. The highest BCUT2D eigenvalue weighted by Gasteiger charge is 2.18. The molecule has 0 fully saturated rings. The van der Waals surface area contributed by atoms with Crippen LogP contribution in [0, 0.1) is 0 Å². The first kappa shape index (κ1) is 22.3. The summed E-state index contributed by atoms with van der Waals surface area (Å²) in [6.07, 6.45) is -0.0284. The Labute approximate surface area is 182 Å². The fourth-order valence-electron chi connectivity index (χ4n) is 3.06. The predicted octanol–water partition coefficient (Wildman–Crippen LogP) is 4.05. The second-order valence-electron chi connectivity index (χ2n) is 6.85. The van der Waals surface area contributed by atoms with Gasteiger partial charge in [0.25, 0.3) is 0 Å². The van der Waals surface area contributed by atoms with E-state index in [4.69, 9.17) is 16.3 Å². The first-order valence-electron chi connectivity index (χ1n) is 9.52. The number of rotatable bonds is 9. The zero-order valence-corrected chi connectivity index (χ0v) is 18.2. The number of ether oxygens (including phenoxy) is 1. The smallest absolute Gasteiger partial charge is 0.206 e. The number of hydrogen-bond acceptors (Lipinski definition) is 5. The third-order valence-electron chi connectivity index (χ3n) is 4.74. The maximum atomic E-state index is 12.9. The molecule has 3 aromatic rings. The summed E-state index contributed by atoms with van der Waals surface area (Å²) in [5.74, 6) is 0.605. The van der Waals surface area contributed by atoms with Crippen molar-refractivity contribution in [2.45, 2.75) is 22.3 Å². The van der Waals surface area contributed by atoms with Gasteiger partial charge in [-0.1, -0.05) is 35.9 Å². The summed E-state index contributed by atoms with van der Waals surface area (Å²) >= 11 is 5.95. The Morgan fingerprint density at radius 2 is 1.73 bits per heavy atom. The zero-order valence-electron chi connectivity index (χ0n) is 16.6. The van der Waals surface area contributed by atoms with Crippen LogP contribution >= 0.6 is 11.6 Å². The third kappa shape index (κ3) is 5.61. The Morgan fingerprint density at radius 1 is 1.00 bits per heavy atom. The molecule has 0 heterocycles. The summed E-state index contributed by atoms with van der Waals surface area (Å²) in [6, 6.07) is 20.4. The van der Waals surface area contributed by atoms with Crippen molar-refractivity contribution in [3.63, 3.8) is 0 Å². The van der Waals surface area contributed by atoms with Crippen LogP contribution in [0.5, 0.6) is 5.75 Å². The maximum Gasteiger partial charge on any atom is 0.206 e. The molecule has 3 aromatic carbocycles. The van der Waals surface area contributed by atoms with Gasteiger partial charge in [0, 0.05) is 11.6 Å². The molecular weight excluding hydrogens is 422 g/mol. The Hall–Kier alpha value is -2.38. The highest BCUT2D eigenvalue weighted by atomic mass is 35.5. The first-order chi connectivity index (χ1) is 14.4. The van der Waals surface area contributed by atoms with E-state index in [2.05, 4.69) is 5.32 Å². The van der Waals surface area contributed by atoms with Crippen LogP contribution in [-0.2, 0) is 16.3 Å². The molecule has 0 unspecified atom stereocenters. The molecule has 0 aliphatic rings. The van der Waals surface area contributed by atoms with Crippen molar-refractivity contribution >= 4 is 21.4 Å². The molecule has 158 valence electrons. The van der Waals surface area contributed by atoms with E-state index in [0.717, 1.165) is 11.1 Å². The summed E-state index contributed by atoms with van der Waals surface area (Å²) in [5, 5.41) is 14.0. The minimum absolute atomic E-state index is 0.225. The van der Waals surface area contributed by atoms with Crippen LogP contribution in [0.2, 0.25) is 5.02 Å². The van der Waals surface area contributed by atoms with Crippen molar-refractivity contribution in [3.8, 4) is 5.75 Å². The Bertz CT molecular complexity index is 1080. The van der Waals surface area contributed by atoms with Crippen LogP contribution in [0.4, 0.5) is 0 Å². The van der Waals surface area contributed by atoms with Gasteiger partial charge in [-0.05, 0) is 72.6 Å². The van der Waals surface area contributed by atoms with Crippen molar-refractivity contribution < 1.29 is 18.3 Å². The molecular formula is C23H24ClNO4S. The van der Waals surface area contributed by atoms with E-state index in [1.165, 1.54) is 7.11 Å². The Morgan fingerprint density at radius 3 is 2.43 bits per heavy atom. The van der Waals surface area contributed by atoms with E-state index < -0.39 is 15.9 Å². The lowest BCUT2D eigenvalue weighted by molar-refractivity contribution is 0.175. The molecule has 0 radical (unpaired) electrons. The second kappa shape index (κ2) is 10.1. The minimum Gasteiger partial charge on any atom is -0.497 e. The van der Waals surface area contributed by atoms with Crippen molar-refractivity contribution in [2.24, 2.45) is 0 Å². The molecule has 0 aliphatic carbocycles. The van der Waals surface area contributed by atoms with Crippen molar-refractivity contribution in [1.82, 2.24) is 5.32 Å². The lowest BCUT2D eigenvalue weighted by Crippen LogP contribution is -2.23. The average molecular weight is 446 g/mol. The SMILES string of the molecule is COc1ccc(S(=O)(=O)c2cccc(CCNC[C@H](O)c3cccc(Cl)c3)c2)cc1. The van der Waals surface area contributed by atoms with Crippen LogP contribution in [0.1, 0.15) is 17.2 Å². The van der Waals surface area contributed by atoms with E-state index in [-0.39, 0.29) is 9.79 Å². The van der Waals surface area contributed by atoms with E-state index in [1.54, 1.807) is 60.7 Å². The van der Waals surface area contributed by atoms with Gasteiger partial charge in [-0.25, -0.2) is 8.42 Å². The average Bonchev–Trinajstić information content (AvgIpc) is 2.77. The lowest BCUT2D eigenvalue weighted by Gasteiger charge is -2.13. The number of sulfone groups is 1. The Kier molecular flexibility index (Phi) is 7.50. The van der Waals surface area contributed by atoms with E-state index in [1.807, 2.05) is 12.1 Å². The predicted molar refractivity (Wildman–Crippen MR) is 118 cm³/mol. The summed E-state index contributed by atoms with van der Waals surface area (Å²) in [7, 11) is -2.06. The number of halogens is 1. The summed E-state index contributed by atoms with van der Waals surface area (Å²) < 4.78 is 30.9. The van der Waals surface area contributed by atoms with Crippen molar-refractivity contribution in [2.75, 3.05) is 20.2 Å². The standard InChI is InChI=1S/C23H24ClNO4S/c1-29-20-8-10-21(11-9-20)30(27,28)22-7-2-4-17(14-22)12-13-25-16-23(26)18-5-3-6-19(24)15-18/h2-11,14-15,23,25-26H,12-13,16H2,1H3/t23-/m0/s1. The molecule has 5 nitrogen and oxygen atoms in total. The number of aliphatic hydroxyl groups is 1. The molecule has 0 saturated heterocycles. The van der Waals surface area contributed by atoms with Crippen LogP contribution in [0.3, 0.4) is 0 Å². The number of aliphatic hydroxyl groups excluding tert-OH is 1. The topological polar surface area (TPSA) is 75.6 Å². The minimum atomic E-state index is -3.60. The van der Waals surface area contributed by atoms with Gasteiger partial charge >= 0.3 is 0 Å². The van der Waals surface area contributed by atoms with E-state index in [9.17, 15) is 13.5 Å². The maximum absolute atomic E-state index is 12.9. The molecule has 7 heteroatoms. The second-order valence-corrected chi connectivity index (χ2v) is 9.24. The largest absolute Gasteiger partial charge is 0.497 e. The zero-order chi connectivity index (χ0) is 21.6. The van der Waals surface area contributed by atoms with Gasteiger partial charge in [0.1, 0.15) is 5.75 Å². The van der Waals surface area contributed by atoms with Gasteiger partial charge in [0.05, 0.1) is 23.0 Å². The number of methoxy groups -OCH3 is 1. The van der Waals surface area contributed by atoms with Crippen molar-refractivity contribution in [1.29, 1.82) is 0 Å². The molecule has 3 rings (SSSR count). The quantitative estimate of drug-likeness (QED) is 0.486. The molecule has 1 atom stereocenters. The van der Waals surface area contributed by atoms with E-state index in [0.29, 0.717) is 30.3 Å². The highest BCUT2D eigenvalue weighted by Crippen LogP contribution is 2.24. The lowest BCUT2D eigenvalue weighted by atomic mass is 10.1. The first-order valence-corrected chi connectivity index (χ1v) is 11.4. The molecule has 0 aromatic heterocycles. The molecule has 0 aliphatic heterocycles. The van der Waals surface area contributed by atoms with Crippen LogP contribution in [0.15, 0.2) is 82.6 Å². The van der Waals surface area contributed by atoms with Gasteiger partial charge < -0.3 is 15.2 Å².